The minimum Gasteiger partial charge on any atom is -0.366 e. The van der Waals surface area contributed by atoms with Crippen LogP contribution in [0.1, 0.15) is 37.8 Å². The molecule has 3 amide bonds. The Morgan fingerprint density at radius 1 is 1.03 bits per heavy atom. The summed E-state index contributed by atoms with van der Waals surface area (Å²) in [6.07, 6.45) is 1.94. The van der Waals surface area contributed by atoms with Crippen LogP contribution >= 0.6 is 11.6 Å². The molecular formula is C25H26ClN3O3. The Balaban J connectivity index is 1.78. The highest BCUT2D eigenvalue weighted by Crippen LogP contribution is 2.38. The van der Waals surface area contributed by atoms with Gasteiger partial charge in [-0.1, -0.05) is 30.7 Å². The van der Waals surface area contributed by atoms with Crippen molar-refractivity contribution in [2.75, 3.05) is 23.3 Å². The number of halogens is 1. The normalized spacial score (nSPS) is 17.4. The van der Waals surface area contributed by atoms with Gasteiger partial charge in [-0.3, -0.25) is 14.4 Å². The number of nitrogens with one attached hydrogen (secondary N) is 1. The molecule has 7 heteroatoms. The Morgan fingerprint density at radius 3 is 2.28 bits per heavy atom. The van der Waals surface area contributed by atoms with Crippen LogP contribution in [0, 0.1) is 12.8 Å². The number of likely N-dealkylation sites (tertiary alicyclic amines) is 1. The van der Waals surface area contributed by atoms with E-state index in [9.17, 15) is 14.4 Å². The molecule has 2 aromatic rings. The monoisotopic (exact) mass is 451 g/mol. The van der Waals surface area contributed by atoms with Crippen LogP contribution in [-0.2, 0) is 14.4 Å². The summed E-state index contributed by atoms with van der Waals surface area (Å²) in [5, 5.41) is 3.28. The van der Waals surface area contributed by atoms with Crippen LogP contribution in [0.2, 0.25) is 5.02 Å². The summed E-state index contributed by atoms with van der Waals surface area (Å²) in [6, 6.07) is 12.2. The first-order valence-corrected chi connectivity index (χ1v) is 11.2. The molecule has 1 saturated heterocycles. The zero-order chi connectivity index (χ0) is 23.0. The van der Waals surface area contributed by atoms with Crippen LogP contribution in [-0.4, -0.2) is 35.7 Å². The van der Waals surface area contributed by atoms with Gasteiger partial charge in [0.1, 0.15) is 5.70 Å². The third-order valence-electron chi connectivity index (χ3n) is 6.05. The number of carbonyl (C=O) groups is 3. The maximum absolute atomic E-state index is 13.7. The van der Waals surface area contributed by atoms with E-state index in [4.69, 9.17) is 11.6 Å². The van der Waals surface area contributed by atoms with Gasteiger partial charge in [-0.15, -0.1) is 0 Å². The van der Waals surface area contributed by atoms with Crippen molar-refractivity contribution in [3.63, 3.8) is 0 Å². The number of imide groups is 1. The number of carbonyl (C=O) groups excluding carboxylic acids is 3. The summed E-state index contributed by atoms with van der Waals surface area (Å²) in [5.41, 5.74) is 3.43. The Kier molecular flexibility index (Phi) is 6.07. The first-order valence-electron chi connectivity index (χ1n) is 10.8. The standard InChI is InChI=1S/C25H26ClN3O3/c1-15-10-12-28(13-11-15)23-22(18-4-7-20(8-5-18)27-17(3)30)24(31)29(25(23)32)21-9-6-19(26)14-16(21)2/h4-9,14-15H,10-13H2,1-3H3,(H,27,30). The summed E-state index contributed by atoms with van der Waals surface area (Å²) in [4.78, 5) is 42.0. The molecule has 0 bridgehead atoms. The van der Waals surface area contributed by atoms with E-state index in [0.29, 0.717) is 39.1 Å². The van der Waals surface area contributed by atoms with E-state index < -0.39 is 0 Å². The number of amides is 3. The zero-order valence-corrected chi connectivity index (χ0v) is 19.2. The highest BCUT2D eigenvalue weighted by molar-refractivity contribution is 6.45. The number of rotatable bonds is 4. The third kappa shape index (κ3) is 4.15. The molecule has 6 nitrogen and oxygen atoms in total. The number of anilines is 2. The Hall–Kier alpha value is -3.12. The van der Waals surface area contributed by atoms with Crippen LogP contribution in [0.5, 0.6) is 0 Å². The van der Waals surface area contributed by atoms with E-state index in [1.54, 1.807) is 42.5 Å². The molecular weight excluding hydrogens is 426 g/mol. The van der Waals surface area contributed by atoms with Gasteiger partial charge in [0, 0.05) is 30.7 Å². The van der Waals surface area contributed by atoms with Crippen LogP contribution in [0.15, 0.2) is 48.2 Å². The van der Waals surface area contributed by atoms with E-state index >= 15 is 0 Å². The average molecular weight is 452 g/mol. The van der Waals surface area contributed by atoms with Crippen molar-refractivity contribution in [3.05, 3.63) is 64.3 Å². The summed E-state index contributed by atoms with van der Waals surface area (Å²) in [6.45, 7) is 6.95. The number of piperidine rings is 1. The van der Waals surface area contributed by atoms with Crippen molar-refractivity contribution in [3.8, 4) is 0 Å². The highest BCUT2D eigenvalue weighted by atomic mass is 35.5. The van der Waals surface area contributed by atoms with Crippen LogP contribution < -0.4 is 10.2 Å². The van der Waals surface area contributed by atoms with Crippen molar-refractivity contribution in [2.45, 2.75) is 33.6 Å². The molecule has 2 aliphatic heterocycles. The van der Waals surface area contributed by atoms with E-state index in [1.165, 1.54) is 11.8 Å². The fourth-order valence-electron chi connectivity index (χ4n) is 4.32. The number of aryl methyl sites for hydroxylation is 1. The van der Waals surface area contributed by atoms with Gasteiger partial charge in [-0.25, -0.2) is 4.90 Å². The molecule has 0 unspecified atom stereocenters. The van der Waals surface area contributed by atoms with Gasteiger partial charge in [-0.05, 0) is 67.1 Å². The lowest BCUT2D eigenvalue weighted by Crippen LogP contribution is -2.38. The molecule has 2 aromatic carbocycles. The Bertz CT molecular complexity index is 1120. The summed E-state index contributed by atoms with van der Waals surface area (Å²) in [7, 11) is 0. The van der Waals surface area contributed by atoms with Gasteiger partial charge in [0.15, 0.2) is 0 Å². The molecule has 0 aliphatic carbocycles. The van der Waals surface area contributed by atoms with Crippen molar-refractivity contribution in [1.29, 1.82) is 0 Å². The minimum absolute atomic E-state index is 0.170. The SMILES string of the molecule is CC(=O)Nc1ccc(C2=C(N3CCC(C)CC3)C(=O)N(c3ccc(Cl)cc3C)C2=O)cc1. The Labute approximate surface area is 192 Å². The second-order valence-corrected chi connectivity index (χ2v) is 8.96. The molecule has 32 heavy (non-hydrogen) atoms. The maximum Gasteiger partial charge on any atom is 0.282 e. The number of hydrogen-bond donors (Lipinski definition) is 1. The van der Waals surface area contributed by atoms with Gasteiger partial charge in [0.25, 0.3) is 11.8 Å². The fraction of sp³-hybridized carbons (Fsp3) is 0.320. The molecule has 0 aromatic heterocycles. The quantitative estimate of drug-likeness (QED) is 0.688. The van der Waals surface area contributed by atoms with Gasteiger partial charge in [0.2, 0.25) is 5.91 Å². The molecule has 2 aliphatic rings. The molecule has 1 fully saturated rings. The second-order valence-electron chi connectivity index (χ2n) is 8.53. The molecule has 2 heterocycles. The zero-order valence-electron chi connectivity index (χ0n) is 18.4. The molecule has 4 rings (SSSR count). The highest BCUT2D eigenvalue weighted by Gasteiger charge is 2.43. The lowest BCUT2D eigenvalue weighted by molar-refractivity contribution is -0.121. The van der Waals surface area contributed by atoms with Crippen LogP contribution in [0.4, 0.5) is 11.4 Å². The maximum atomic E-state index is 13.7. The van der Waals surface area contributed by atoms with Crippen LogP contribution in [0.25, 0.3) is 5.57 Å². The lowest BCUT2D eigenvalue weighted by Gasteiger charge is -2.32. The van der Waals surface area contributed by atoms with Crippen LogP contribution in [0.3, 0.4) is 0 Å². The third-order valence-corrected chi connectivity index (χ3v) is 6.29. The van der Waals surface area contributed by atoms with Crippen molar-refractivity contribution >= 4 is 46.3 Å². The minimum atomic E-state index is -0.346. The first-order chi connectivity index (χ1) is 15.3. The predicted molar refractivity (Wildman–Crippen MR) is 126 cm³/mol. The number of nitrogens with zero attached hydrogens (tertiary/aromatic N) is 2. The summed E-state index contributed by atoms with van der Waals surface area (Å²) < 4.78 is 0. The molecule has 0 radical (unpaired) electrons. The first kappa shape index (κ1) is 22.1. The van der Waals surface area contributed by atoms with Gasteiger partial charge >= 0.3 is 0 Å². The molecule has 0 spiro atoms. The summed E-state index contributed by atoms with van der Waals surface area (Å²) in [5.74, 6) is -0.233. The second kappa shape index (κ2) is 8.79. The topological polar surface area (TPSA) is 69.7 Å². The summed E-state index contributed by atoms with van der Waals surface area (Å²) >= 11 is 6.10. The van der Waals surface area contributed by atoms with Crippen molar-refractivity contribution in [2.24, 2.45) is 5.92 Å². The van der Waals surface area contributed by atoms with E-state index in [2.05, 4.69) is 12.2 Å². The molecule has 0 atom stereocenters. The fourth-order valence-corrected chi connectivity index (χ4v) is 4.54. The Morgan fingerprint density at radius 2 is 1.69 bits per heavy atom. The van der Waals surface area contributed by atoms with Gasteiger partial charge in [0.05, 0.1) is 11.3 Å². The average Bonchev–Trinajstić information content (AvgIpc) is 2.99. The number of hydrogen-bond acceptors (Lipinski definition) is 4. The molecule has 1 N–H and O–H groups in total. The lowest BCUT2D eigenvalue weighted by atomic mass is 9.97. The van der Waals surface area contributed by atoms with E-state index in [0.717, 1.165) is 31.5 Å². The smallest absolute Gasteiger partial charge is 0.282 e. The predicted octanol–water partition coefficient (Wildman–Crippen LogP) is 4.62. The largest absolute Gasteiger partial charge is 0.366 e. The molecule has 0 saturated carbocycles. The van der Waals surface area contributed by atoms with Gasteiger partial charge < -0.3 is 10.2 Å². The molecule has 166 valence electrons. The van der Waals surface area contributed by atoms with Crippen molar-refractivity contribution in [1.82, 2.24) is 4.90 Å². The number of benzene rings is 2. The van der Waals surface area contributed by atoms with Crippen molar-refractivity contribution < 1.29 is 14.4 Å². The van der Waals surface area contributed by atoms with E-state index in [-0.39, 0.29) is 17.7 Å². The van der Waals surface area contributed by atoms with E-state index in [1.807, 2.05) is 11.8 Å². The van der Waals surface area contributed by atoms with Gasteiger partial charge in [-0.2, -0.15) is 0 Å².